The highest BCUT2D eigenvalue weighted by atomic mass is 35.5. The monoisotopic (exact) mass is 455 g/mol. The van der Waals surface area contributed by atoms with Crippen molar-refractivity contribution in [1.29, 1.82) is 0 Å². The van der Waals surface area contributed by atoms with Gasteiger partial charge in [0, 0.05) is 35.9 Å². The third-order valence-electron chi connectivity index (χ3n) is 4.61. The molecule has 1 amide bonds. The molecule has 1 heterocycles. The minimum absolute atomic E-state index is 0.117. The topological polar surface area (TPSA) is 92.5 Å². The summed E-state index contributed by atoms with van der Waals surface area (Å²) in [4.78, 5) is 17.2. The van der Waals surface area contributed by atoms with Gasteiger partial charge in [-0.3, -0.25) is 4.79 Å². The van der Waals surface area contributed by atoms with Gasteiger partial charge in [-0.1, -0.05) is 17.7 Å². The first-order valence-electron chi connectivity index (χ1n) is 9.24. The number of oxazole rings is 1. The van der Waals surface area contributed by atoms with Crippen LogP contribution in [0.4, 0.5) is 5.69 Å². The number of nitrogens with zero attached hydrogens (tertiary/aromatic N) is 2. The van der Waals surface area contributed by atoms with Crippen molar-refractivity contribution >= 4 is 44.3 Å². The summed E-state index contributed by atoms with van der Waals surface area (Å²) in [5, 5.41) is 3.37. The molecule has 7 nitrogen and oxygen atoms in total. The smallest absolute Gasteiger partial charge is 0.255 e. The molecule has 3 aromatic carbocycles. The average Bonchev–Trinajstić information content (AvgIpc) is 3.17. The van der Waals surface area contributed by atoms with Gasteiger partial charge in [0.25, 0.3) is 5.91 Å². The highest BCUT2D eigenvalue weighted by molar-refractivity contribution is 7.89. The Labute approximate surface area is 184 Å². The number of amides is 1. The van der Waals surface area contributed by atoms with E-state index in [9.17, 15) is 13.2 Å². The molecular formula is C22H18ClN3O4S. The lowest BCUT2D eigenvalue weighted by Gasteiger charge is -2.11. The third kappa shape index (κ3) is 4.32. The van der Waals surface area contributed by atoms with Crippen molar-refractivity contribution < 1.29 is 17.6 Å². The Morgan fingerprint density at radius 2 is 1.77 bits per heavy atom. The minimum Gasteiger partial charge on any atom is -0.436 e. The summed E-state index contributed by atoms with van der Waals surface area (Å²) in [5.41, 5.74) is 2.78. The highest BCUT2D eigenvalue weighted by Gasteiger charge is 2.18. The molecule has 0 radical (unpaired) electrons. The molecule has 0 saturated heterocycles. The van der Waals surface area contributed by atoms with E-state index >= 15 is 0 Å². The number of hydrogen-bond donors (Lipinski definition) is 1. The predicted molar refractivity (Wildman–Crippen MR) is 120 cm³/mol. The zero-order valence-corrected chi connectivity index (χ0v) is 18.2. The van der Waals surface area contributed by atoms with Crippen LogP contribution in [-0.2, 0) is 10.0 Å². The molecule has 0 aliphatic carbocycles. The number of nitrogens with one attached hydrogen (secondary N) is 1. The number of rotatable bonds is 5. The Morgan fingerprint density at radius 3 is 2.45 bits per heavy atom. The molecular weight excluding hydrogens is 438 g/mol. The summed E-state index contributed by atoms with van der Waals surface area (Å²) in [6, 6.07) is 18.1. The van der Waals surface area contributed by atoms with Crippen LogP contribution in [0.1, 0.15) is 10.4 Å². The maximum absolute atomic E-state index is 12.6. The molecule has 0 fully saturated rings. The van der Waals surface area contributed by atoms with Gasteiger partial charge in [-0.2, -0.15) is 0 Å². The molecule has 4 aromatic rings. The number of carbonyl (C=O) groups excluding carboxylic acids is 1. The Bertz CT molecular complexity index is 1380. The molecule has 0 unspecified atom stereocenters. The van der Waals surface area contributed by atoms with E-state index in [4.69, 9.17) is 16.0 Å². The second kappa shape index (κ2) is 8.14. The number of carbonyl (C=O) groups is 1. The van der Waals surface area contributed by atoms with Crippen molar-refractivity contribution in [3.63, 3.8) is 0 Å². The average molecular weight is 456 g/mol. The molecule has 1 aromatic heterocycles. The highest BCUT2D eigenvalue weighted by Crippen LogP contribution is 2.28. The molecule has 158 valence electrons. The van der Waals surface area contributed by atoms with E-state index in [0.717, 1.165) is 9.87 Å². The number of aromatic nitrogens is 1. The van der Waals surface area contributed by atoms with Crippen LogP contribution >= 0.6 is 11.6 Å². The zero-order valence-electron chi connectivity index (χ0n) is 16.7. The number of fused-ring (bicyclic) bond motifs is 1. The van der Waals surface area contributed by atoms with Gasteiger partial charge in [0.2, 0.25) is 15.9 Å². The second-order valence-corrected chi connectivity index (χ2v) is 9.57. The summed E-state index contributed by atoms with van der Waals surface area (Å²) in [7, 11) is -0.647. The molecule has 0 atom stereocenters. The fourth-order valence-electron chi connectivity index (χ4n) is 2.94. The molecule has 0 saturated carbocycles. The van der Waals surface area contributed by atoms with Gasteiger partial charge in [-0.15, -0.1) is 0 Å². The minimum atomic E-state index is -3.55. The van der Waals surface area contributed by atoms with Crippen LogP contribution in [0.25, 0.3) is 22.6 Å². The van der Waals surface area contributed by atoms with Gasteiger partial charge in [0.1, 0.15) is 5.52 Å². The van der Waals surface area contributed by atoms with Crippen molar-refractivity contribution in [2.45, 2.75) is 4.90 Å². The molecule has 1 N–H and O–H groups in total. The number of anilines is 1. The van der Waals surface area contributed by atoms with E-state index in [1.807, 2.05) is 12.1 Å². The van der Waals surface area contributed by atoms with E-state index in [0.29, 0.717) is 33.3 Å². The molecule has 4 rings (SSSR count). The number of benzene rings is 3. The van der Waals surface area contributed by atoms with E-state index in [1.54, 1.807) is 30.3 Å². The van der Waals surface area contributed by atoms with E-state index < -0.39 is 10.0 Å². The molecule has 0 aliphatic heterocycles. The predicted octanol–water partition coefficient (Wildman–Crippen LogP) is 4.65. The van der Waals surface area contributed by atoms with Crippen LogP contribution < -0.4 is 5.32 Å². The summed E-state index contributed by atoms with van der Waals surface area (Å²) in [6.07, 6.45) is 0. The summed E-state index contributed by atoms with van der Waals surface area (Å²) in [6.45, 7) is 0. The number of hydrogen-bond acceptors (Lipinski definition) is 5. The number of halogens is 1. The summed E-state index contributed by atoms with van der Waals surface area (Å²) < 4.78 is 31.2. The van der Waals surface area contributed by atoms with Gasteiger partial charge in [0.05, 0.1) is 4.90 Å². The van der Waals surface area contributed by atoms with Crippen LogP contribution in [0, 0.1) is 0 Å². The standard InChI is InChI=1S/C22H18ClN3O4S/c1-26(2)31(28,29)18-9-6-14(7-10-18)21(27)24-17-8-11-20-19(13-17)25-22(30-20)15-4-3-5-16(23)12-15/h3-13H,1-2H3,(H,24,27). The second-order valence-electron chi connectivity index (χ2n) is 6.98. The molecule has 9 heteroatoms. The largest absolute Gasteiger partial charge is 0.436 e. The van der Waals surface area contributed by atoms with Gasteiger partial charge >= 0.3 is 0 Å². The van der Waals surface area contributed by atoms with Crippen LogP contribution in [0.2, 0.25) is 5.02 Å². The maximum Gasteiger partial charge on any atom is 0.255 e. The number of sulfonamides is 1. The van der Waals surface area contributed by atoms with Crippen molar-refractivity contribution in [3.05, 3.63) is 77.3 Å². The fourth-order valence-corrected chi connectivity index (χ4v) is 4.03. The lowest BCUT2D eigenvalue weighted by atomic mass is 10.2. The lowest BCUT2D eigenvalue weighted by molar-refractivity contribution is 0.102. The van der Waals surface area contributed by atoms with Gasteiger partial charge in [0.15, 0.2) is 5.58 Å². The van der Waals surface area contributed by atoms with E-state index in [1.165, 1.54) is 38.4 Å². The zero-order chi connectivity index (χ0) is 22.2. The van der Waals surface area contributed by atoms with E-state index in [2.05, 4.69) is 10.3 Å². The Hall–Kier alpha value is -3.20. The maximum atomic E-state index is 12.6. The molecule has 0 bridgehead atoms. The Balaban J connectivity index is 1.55. The fraction of sp³-hybridized carbons (Fsp3) is 0.0909. The van der Waals surface area contributed by atoms with Gasteiger partial charge in [-0.05, 0) is 60.7 Å². The van der Waals surface area contributed by atoms with Crippen LogP contribution in [-0.4, -0.2) is 37.7 Å². The SMILES string of the molecule is CN(C)S(=O)(=O)c1ccc(C(=O)Nc2ccc3oc(-c4cccc(Cl)c4)nc3c2)cc1. The molecule has 0 aliphatic rings. The third-order valence-corrected chi connectivity index (χ3v) is 6.68. The van der Waals surface area contributed by atoms with Crippen molar-refractivity contribution in [2.24, 2.45) is 0 Å². The Morgan fingerprint density at radius 1 is 1.03 bits per heavy atom. The van der Waals surface area contributed by atoms with Crippen LogP contribution in [0.15, 0.2) is 76.0 Å². The van der Waals surface area contributed by atoms with Crippen molar-refractivity contribution in [2.75, 3.05) is 19.4 Å². The Kier molecular flexibility index (Phi) is 5.53. The first kappa shape index (κ1) is 21.0. The van der Waals surface area contributed by atoms with Crippen molar-refractivity contribution in [1.82, 2.24) is 9.29 Å². The first-order chi connectivity index (χ1) is 14.7. The molecule has 31 heavy (non-hydrogen) atoms. The van der Waals surface area contributed by atoms with Gasteiger partial charge in [-0.25, -0.2) is 17.7 Å². The van der Waals surface area contributed by atoms with Crippen LogP contribution in [0.5, 0.6) is 0 Å². The summed E-state index contributed by atoms with van der Waals surface area (Å²) >= 11 is 6.03. The lowest BCUT2D eigenvalue weighted by Crippen LogP contribution is -2.22. The van der Waals surface area contributed by atoms with Crippen molar-refractivity contribution in [3.8, 4) is 11.5 Å². The first-order valence-corrected chi connectivity index (χ1v) is 11.1. The molecule has 0 spiro atoms. The van der Waals surface area contributed by atoms with E-state index in [-0.39, 0.29) is 10.8 Å². The van der Waals surface area contributed by atoms with Gasteiger partial charge < -0.3 is 9.73 Å². The quantitative estimate of drug-likeness (QED) is 0.472. The summed E-state index contributed by atoms with van der Waals surface area (Å²) in [5.74, 6) is 0.0605. The van der Waals surface area contributed by atoms with Crippen LogP contribution in [0.3, 0.4) is 0 Å². The normalized spacial score (nSPS) is 11.7.